The highest BCUT2D eigenvalue weighted by Crippen LogP contribution is 2.24. The molecule has 0 spiro atoms. The topological polar surface area (TPSA) is 66.9 Å². The van der Waals surface area contributed by atoms with Crippen LogP contribution in [0, 0.1) is 0 Å². The van der Waals surface area contributed by atoms with Crippen LogP contribution < -0.4 is 10.6 Å². The van der Waals surface area contributed by atoms with Gasteiger partial charge in [0.05, 0.1) is 11.1 Å². The number of amides is 1. The van der Waals surface area contributed by atoms with Crippen molar-refractivity contribution >= 4 is 38.4 Å². The van der Waals surface area contributed by atoms with Crippen molar-refractivity contribution in [3.63, 3.8) is 0 Å². The van der Waals surface area contributed by atoms with Crippen LogP contribution in [-0.4, -0.2) is 29.0 Å². The van der Waals surface area contributed by atoms with Crippen molar-refractivity contribution in [1.82, 2.24) is 15.3 Å². The molecule has 1 amide bonds. The van der Waals surface area contributed by atoms with Crippen molar-refractivity contribution in [2.75, 3.05) is 18.4 Å². The summed E-state index contributed by atoms with van der Waals surface area (Å²) in [6.07, 6.45) is 4.97. The number of anilines is 1. The maximum absolute atomic E-state index is 11.9. The molecule has 0 saturated heterocycles. The molecule has 116 valence electrons. The molecule has 0 bridgehead atoms. The summed E-state index contributed by atoms with van der Waals surface area (Å²) in [5.74, 6) is -0.122. The fraction of sp³-hybridized carbons (Fsp3) is 0.118. The van der Waals surface area contributed by atoms with E-state index in [0.717, 1.165) is 21.1 Å². The third-order valence-electron chi connectivity index (χ3n) is 3.35. The minimum atomic E-state index is -0.122. The molecule has 2 aromatic heterocycles. The summed E-state index contributed by atoms with van der Waals surface area (Å²) in [6.45, 7) is 1.15. The summed E-state index contributed by atoms with van der Waals surface area (Å²) in [7, 11) is 0. The Morgan fingerprint density at radius 2 is 2.04 bits per heavy atom. The lowest BCUT2D eigenvalue weighted by atomic mass is 10.2. The van der Waals surface area contributed by atoms with E-state index in [4.69, 9.17) is 0 Å². The zero-order valence-corrected chi connectivity index (χ0v) is 13.9. The van der Waals surface area contributed by atoms with Crippen molar-refractivity contribution in [1.29, 1.82) is 0 Å². The standard InChI is InChI=1S/C17H15BrN4O/c18-13-3-4-14-15(5-7-20-16(14)10-13)21-8-9-22-17(23)12-2-1-6-19-11-12/h1-7,10-11H,8-9H2,(H,20,21)(H,22,23). The van der Waals surface area contributed by atoms with Gasteiger partial charge in [-0.1, -0.05) is 15.9 Å². The molecule has 3 aromatic rings. The van der Waals surface area contributed by atoms with E-state index in [0.29, 0.717) is 18.7 Å². The molecule has 6 heteroatoms. The molecule has 0 saturated carbocycles. The van der Waals surface area contributed by atoms with Gasteiger partial charge in [0.15, 0.2) is 0 Å². The van der Waals surface area contributed by atoms with Crippen molar-refractivity contribution in [3.05, 3.63) is 65.0 Å². The van der Waals surface area contributed by atoms with Gasteiger partial charge in [0.2, 0.25) is 0 Å². The molecule has 0 aliphatic carbocycles. The summed E-state index contributed by atoms with van der Waals surface area (Å²) < 4.78 is 0.999. The largest absolute Gasteiger partial charge is 0.383 e. The first kappa shape index (κ1) is 15.4. The normalized spacial score (nSPS) is 10.5. The minimum absolute atomic E-state index is 0.122. The number of rotatable bonds is 5. The third-order valence-corrected chi connectivity index (χ3v) is 3.85. The maximum Gasteiger partial charge on any atom is 0.252 e. The van der Waals surface area contributed by atoms with Gasteiger partial charge in [-0.15, -0.1) is 0 Å². The van der Waals surface area contributed by atoms with Crippen LogP contribution in [0.15, 0.2) is 59.5 Å². The van der Waals surface area contributed by atoms with Crippen LogP contribution in [0.3, 0.4) is 0 Å². The van der Waals surface area contributed by atoms with Crippen LogP contribution in [0.2, 0.25) is 0 Å². The van der Waals surface area contributed by atoms with Gasteiger partial charge in [0.1, 0.15) is 0 Å². The Balaban J connectivity index is 1.58. The lowest BCUT2D eigenvalue weighted by molar-refractivity contribution is 0.0955. The highest BCUT2D eigenvalue weighted by Gasteiger charge is 2.05. The highest BCUT2D eigenvalue weighted by atomic mass is 79.9. The lowest BCUT2D eigenvalue weighted by Gasteiger charge is -2.10. The number of hydrogen-bond donors (Lipinski definition) is 2. The number of hydrogen-bond acceptors (Lipinski definition) is 4. The van der Waals surface area contributed by atoms with E-state index in [1.165, 1.54) is 0 Å². The molecule has 1 aromatic carbocycles. The van der Waals surface area contributed by atoms with Gasteiger partial charge < -0.3 is 10.6 Å². The Hall–Kier alpha value is -2.47. The van der Waals surface area contributed by atoms with E-state index in [9.17, 15) is 4.79 Å². The van der Waals surface area contributed by atoms with E-state index >= 15 is 0 Å². The molecule has 2 N–H and O–H groups in total. The number of pyridine rings is 2. The molecule has 0 unspecified atom stereocenters. The fourth-order valence-corrected chi connectivity index (χ4v) is 2.60. The van der Waals surface area contributed by atoms with E-state index in [1.54, 1.807) is 30.7 Å². The lowest BCUT2D eigenvalue weighted by Crippen LogP contribution is -2.28. The number of nitrogens with zero attached hydrogens (tertiary/aromatic N) is 2. The van der Waals surface area contributed by atoms with Gasteiger partial charge in [-0.05, 0) is 36.4 Å². The Bertz CT molecular complexity index is 823. The number of carbonyl (C=O) groups excluding carboxylic acids is 1. The zero-order valence-electron chi connectivity index (χ0n) is 12.3. The first-order valence-corrected chi connectivity index (χ1v) is 8.00. The Morgan fingerprint density at radius 1 is 1.13 bits per heavy atom. The van der Waals surface area contributed by atoms with Gasteiger partial charge in [-0.3, -0.25) is 14.8 Å². The number of nitrogens with one attached hydrogen (secondary N) is 2. The van der Waals surface area contributed by atoms with Crippen molar-refractivity contribution < 1.29 is 4.79 Å². The van der Waals surface area contributed by atoms with Gasteiger partial charge in [0, 0.05) is 47.2 Å². The number of aromatic nitrogens is 2. The average molecular weight is 371 g/mol. The second-order valence-electron chi connectivity index (χ2n) is 4.94. The van der Waals surface area contributed by atoms with E-state index in [1.807, 2.05) is 24.3 Å². The van der Waals surface area contributed by atoms with Crippen molar-refractivity contribution in [2.45, 2.75) is 0 Å². The smallest absolute Gasteiger partial charge is 0.252 e. The van der Waals surface area contributed by atoms with Crippen LogP contribution in [0.4, 0.5) is 5.69 Å². The molecule has 5 nitrogen and oxygen atoms in total. The first-order chi connectivity index (χ1) is 11.2. The van der Waals surface area contributed by atoms with Gasteiger partial charge in [0.25, 0.3) is 5.91 Å². The van der Waals surface area contributed by atoms with Crippen molar-refractivity contribution in [3.8, 4) is 0 Å². The number of carbonyl (C=O) groups is 1. The van der Waals surface area contributed by atoms with E-state index in [2.05, 4.69) is 36.5 Å². The summed E-state index contributed by atoms with van der Waals surface area (Å²) >= 11 is 3.45. The van der Waals surface area contributed by atoms with Crippen LogP contribution in [0.1, 0.15) is 10.4 Å². The quantitative estimate of drug-likeness (QED) is 0.676. The summed E-state index contributed by atoms with van der Waals surface area (Å²) in [6, 6.07) is 11.4. The van der Waals surface area contributed by atoms with Gasteiger partial charge >= 0.3 is 0 Å². The van der Waals surface area contributed by atoms with Gasteiger partial charge in [-0.25, -0.2) is 0 Å². The minimum Gasteiger partial charge on any atom is -0.383 e. The second kappa shape index (κ2) is 7.19. The van der Waals surface area contributed by atoms with Crippen LogP contribution in [0.5, 0.6) is 0 Å². The molecule has 3 rings (SSSR count). The van der Waals surface area contributed by atoms with Gasteiger partial charge in [-0.2, -0.15) is 0 Å². The SMILES string of the molecule is O=C(NCCNc1ccnc2cc(Br)ccc12)c1cccnc1. The number of benzene rings is 1. The van der Waals surface area contributed by atoms with E-state index < -0.39 is 0 Å². The van der Waals surface area contributed by atoms with Crippen LogP contribution in [0.25, 0.3) is 10.9 Å². The molecule has 0 atom stereocenters. The molecule has 0 aliphatic rings. The molecule has 2 heterocycles. The number of halogens is 1. The molecule has 0 fully saturated rings. The Morgan fingerprint density at radius 3 is 2.87 bits per heavy atom. The molecular weight excluding hydrogens is 356 g/mol. The van der Waals surface area contributed by atoms with Crippen molar-refractivity contribution in [2.24, 2.45) is 0 Å². The van der Waals surface area contributed by atoms with Crippen LogP contribution in [-0.2, 0) is 0 Å². The number of fused-ring (bicyclic) bond motifs is 1. The molecular formula is C17H15BrN4O. The summed E-state index contributed by atoms with van der Waals surface area (Å²) in [5.41, 5.74) is 2.48. The summed E-state index contributed by atoms with van der Waals surface area (Å²) in [5, 5.41) is 7.24. The zero-order chi connectivity index (χ0) is 16.1. The third kappa shape index (κ3) is 3.84. The van der Waals surface area contributed by atoms with Crippen LogP contribution >= 0.6 is 15.9 Å². The molecule has 0 radical (unpaired) electrons. The van der Waals surface area contributed by atoms with E-state index in [-0.39, 0.29) is 5.91 Å². The fourth-order valence-electron chi connectivity index (χ4n) is 2.25. The Kier molecular flexibility index (Phi) is 4.83. The predicted octanol–water partition coefficient (Wildman–Crippen LogP) is 3.23. The highest BCUT2D eigenvalue weighted by molar-refractivity contribution is 9.10. The summed E-state index contributed by atoms with van der Waals surface area (Å²) in [4.78, 5) is 20.2. The molecule has 23 heavy (non-hydrogen) atoms. The Labute approximate surface area is 142 Å². The maximum atomic E-state index is 11.9. The predicted molar refractivity (Wildman–Crippen MR) is 94.5 cm³/mol. The monoisotopic (exact) mass is 370 g/mol. The second-order valence-corrected chi connectivity index (χ2v) is 5.86. The first-order valence-electron chi connectivity index (χ1n) is 7.20. The average Bonchev–Trinajstić information content (AvgIpc) is 2.59. The molecule has 0 aliphatic heterocycles.